The van der Waals surface area contributed by atoms with Crippen molar-refractivity contribution in [1.82, 2.24) is 10.2 Å². The summed E-state index contributed by atoms with van der Waals surface area (Å²) >= 11 is 0. The summed E-state index contributed by atoms with van der Waals surface area (Å²) in [6.07, 6.45) is -4.26. The van der Waals surface area contributed by atoms with Crippen molar-refractivity contribution in [3.05, 3.63) is 35.4 Å². The lowest BCUT2D eigenvalue weighted by Crippen LogP contribution is -2.46. The maximum atomic E-state index is 12.8. The van der Waals surface area contributed by atoms with Crippen molar-refractivity contribution in [1.29, 1.82) is 0 Å². The van der Waals surface area contributed by atoms with E-state index in [4.69, 9.17) is 4.74 Å². The lowest BCUT2D eigenvalue weighted by atomic mass is 9.83. The molecular formula is C20H25F3N2O4. The van der Waals surface area contributed by atoms with Crippen LogP contribution in [0.4, 0.5) is 13.2 Å². The highest BCUT2D eigenvalue weighted by Gasteiger charge is 2.39. The second-order valence-corrected chi connectivity index (χ2v) is 7.29. The highest BCUT2D eigenvalue weighted by atomic mass is 19.4. The van der Waals surface area contributed by atoms with Crippen molar-refractivity contribution in [2.45, 2.75) is 51.4 Å². The highest BCUT2D eigenvalue weighted by molar-refractivity contribution is 5.85. The lowest BCUT2D eigenvalue weighted by molar-refractivity contribution is -0.147. The zero-order chi connectivity index (χ0) is 21.8. The molecule has 1 N–H and O–H groups in total. The number of nitrogens with zero attached hydrogens (tertiary/aromatic N) is 1. The molecule has 0 aliphatic carbocycles. The smallest absolute Gasteiger partial charge is 0.416 e. The second-order valence-electron chi connectivity index (χ2n) is 7.29. The number of alkyl halides is 3. The van der Waals surface area contributed by atoms with E-state index >= 15 is 0 Å². The molecule has 1 fully saturated rings. The number of benzene rings is 1. The van der Waals surface area contributed by atoms with E-state index in [-0.39, 0.29) is 43.7 Å². The standard InChI is InChI=1S/C20H25F3N2O4/c1-12(2)29-17(27)10-11-24-19(28)15-8-9-16(26)25(3)18(15)13-4-6-14(7-5-13)20(21,22)23/h4-7,12,15,18H,8-11H2,1-3H3,(H,24,28). The minimum absolute atomic E-state index is 0.0103. The fourth-order valence-electron chi connectivity index (χ4n) is 3.38. The third kappa shape index (κ3) is 5.95. The fraction of sp³-hybridized carbons (Fsp3) is 0.550. The van der Waals surface area contributed by atoms with Gasteiger partial charge in [0, 0.05) is 20.0 Å². The van der Waals surface area contributed by atoms with Gasteiger partial charge in [0.25, 0.3) is 0 Å². The summed E-state index contributed by atoms with van der Waals surface area (Å²) in [5.41, 5.74) is -0.344. The van der Waals surface area contributed by atoms with E-state index in [2.05, 4.69) is 5.32 Å². The molecule has 1 aromatic carbocycles. The van der Waals surface area contributed by atoms with E-state index in [9.17, 15) is 27.6 Å². The second kappa shape index (κ2) is 9.28. The van der Waals surface area contributed by atoms with E-state index < -0.39 is 29.7 Å². The van der Waals surface area contributed by atoms with Gasteiger partial charge in [-0.15, -0.1) is 0 Å². The molecule has 0 bridgehead atoms. The van der Waals surface area contributed by atoms with Crippen molar-refractivity contribution in [3.63, 3.8) is 0 Å². The Morgan fingerprint density at radius 2 is 1.86 bits per heavy atom. The zero-order valence-electron chi connectivity index (χ0n) is 16.6. The first kappa shape index (κ1) is 22.7. The van der Waals surface area contributed by atoms with Gasteiger partial charge in [0.2, 0.25) is 11.8 Å². The molecule has 1 saturated heterocycles. The molecule has 2 amide bonds. The Kier molecular flexibility index (Phi) is 7.26. The number of rotatable bonds is 6. The van der Waals surface area contributed by atoms with Crippen LogP contribution in [-0.4, -0.2) is 42.4 Å². The van der Waals surface area contributed by atoms with Crippen LogP contribution in [0.25, 0.3) is 0 Å². The molecule has 0 aromatic heterocycles. The van der Waals surface area contributed by atoms with E-state index in [0.717, 1.165) is 12.1 Å². The van der Waals surface area contributed by atoms with Crippen molar-refractivity contribution in [2.24, 2.45) is 5.92 Å². The van der Waals surface area contributed by atoms with E-state index in [1.807, 2.05) is 0 Å². The molecule has 1 heterocycles. The SMILES string of the molecule is CC(C)OC(=O)CCNC(=O)C1CCC(=O)N(C)C1c1ccc(C(F)(F)F)cc1. The van der Waals surface area contributed by atoms with E-state index in [0.29, 0.717) is 5.56 Å². The largest absolute Gasteiger partial charge is 0.463 e. The van der Waals surface area contributed by atoms with Gasteiger partial charge in [0.15, 0.2) is 0 Å². The molecule has 9 heteroatoms. The van der Waals surface area contributed by atoms with Crippen LogP contribution < -0.4 is 5.32 Å². The number of ether oxygens (including phenoxy) is 1. The number of carbonyl (C=O) groups is 3. The Morgan fingerprint density at radius 3 is 2.41 bits per heavy atom. The fourth-order valence-corrected chi connectivity index (χ4v) is 3.38. The Labute approximate surface area is 167 Å². The van der Waals surface area contributed by atoms with Crippen LogP contribution in [0.2, 0.25) is 0 Å². The Morgan fingerprint density at radius 1 is 1.24 bits per heavy atom. The van der Waals surface area contributed by atoms with Crippen molar-refractivity contribution in [2.75, 3.05) is 13.6 Å². The predicted octanol–water partition coefficient (Wildman–Crippen LogP) is 3.07. The summed E-state index contributed by atoms with van der Waals surface area (Å²) in [6.45, 7) is 3.53. The van der Waals surface area contributed by atoms with Crippen molar-refractivity contribution >= 4 is 17.8 Å². The minimum atomic E-state index is -4.46. The topological polar surface area (TPSA) is 75.7 Å². The normalized spacial score (nSPS) is 20.0. The maximum absolute atomic E-state index is 12.8. The lowest BCUT2D eigenvalue weighted by Gasteiger charge is -2.38. The Bertz CT molecular complexity index is 747. The van der Waals surface area contributed by atoms with Gasteiger partial charge in [0.1, 0.15) is 0 Å². The summed E-state index contributed by atoms with van der Waals surface area (Å²) in [4.78, 5) is 37.8. The molecule has 2 atom stereocenters. The number of likely N-dealkylation sites (tertiary alicyclic amines) is 1. The molecule has 0 saturated carbocycles. The van der Waals surface area contributed by atoms with Gasteiger partial charge in [-0.2, -0.15) is 13.2 Å². The van der Waals surface area contributed by atoms with Crippen LogP contribution >= 0.6 is 0 Å². The van der Waals surface area contributed by atoms with Crippen LogP contribution in [0, 0.1) is 5.92 Å². The molecule has 29 heavy (non-hydrogen) atoms. The monoisotopic (exact) mass is 414 g/mol. The number of hydrogen-bond donors (Lipinski definition) is 1. The first-order valence-corrected chi connectivity index (χ1v) is 9.40. The van der Waals surface area contributed by atoms with Gasteiger partial charge in [-0.1, -0.05) is 12.1 Å². The number of esters is 1. The predicted molar refractivity (Wildman–Crippen MR) is 98.5 cm³/mol. The molecule has 1 aliphatic rings. The Hall–Kier alpha value is -2.58. The third-order valence-corrected chi connectivity index (χ3v) is 4.77. The molecule has 2 unspecified atom stereocenters. The maximum Gasteiger partial charge on any atom is 0.416 e. The van der Waals surface area contributed by atoms with Crippen LogP contribution in [0.5, 0.6) is 0 Å². The summed E-state index contributed by atoms with van der Waals surface area (Å²) in [6, 6.07) is 3.80. The first-order valence-electron chi connectivity index (χ1n) is 9.40. The molecule has 2 rings (SSSR count). The van der Waals surface area contributed by atoms with Crippen LogP contribution in [0.1, 0.15) is 50.3 Å². The number of amides is 2. The summed E-state index contributed by atoms with van der Waals surface area (Å²) in [5.74, 6) is -1.60. The molecule has 1 aliphatic heterocycles. The van der Waals surface area contributed by atoms with Gasteiger partial charge in [-0.25, -0.2) is 0 Å². The molecule has 0 spiro atoms. The molecule has 0 radical (unpaired) electrons. The van der Waals surface area contributed by atoms with Gasteiger partial charge in [-0.3, -0.25) is 14.4 Å². The molecule has 6 nitrogen and oxygen atoms in total. The van der Waals surface area contributed by atoms with Crippen LogP contribution in [0.15, 0.2) is 24.3 Å². The zero-order valence-corrected chi connectivity index (χ0v) is 16.6. The van der Waals surface area contributed by atoms with E-state index in [1.165, 1.54) is 24.1 Å². The average Bonchev–Trinajstić information content (AvgIpc) is 2.62. The average molecular weight is 414 g/mol. The Balaban J connectivity index is 2.11. The number of hydrogen-bond acceptors (Lipinski definition) is 4. The summed E-state index contributed by atoms with van der Waals surface area (Å²) in [7, 11) is 1.53. The number of carbonyl (C=O) groups excluding carboxylic acids is 3. The highest BCUT2D eigenvalue weighted by Crippen LogP contribution is 2.37. The van der Waals surface area contributed by atoms with Gasteiger partial charge >= 0.3 is 12.1 Å². The van der Waals surface area contributed by atoms with Gasteiger partial charge in [-0.05, 0) is 38.0 Å². The van der Waals surface area contributed by atoms with Crippen LogP contribution in [0.3, 0.4) is 0 Å². The molecule has 160 valence electrons. The summed E-state index contributed by atoms with van der Waals surface area (Å²) < 4.78 is 43.5. The van der Waals surface area contributed by atoms with Gasteiger partial charge < -0.3 is 15.0 Å². The molecule has 1 aromatic rings. The van der Waals surface area contributed by atoms with Crippen LogP contribution in [-0.2, 0) is 25.3 Å². The number of halogens is 3. The minimum Gasteiger partial charge on any atom is -0.463 e. The third-order valence-electron chi connectivity index (χ3n) is 4.77. The van der Waals surface area contributed by atoms with Gasteiger partial charge in [0.05, 0.1) is 30.0 Å². The summed E-state index contributed by atoms with van der Waals surface area (Å²) in [5, 5.41) is 2.67. The number of nitrogens with one attached hydrogen (secondary N) is 1. The van der Waals surface area contributed by atoms with E-state index in [1.54, 1.807) is 13.8 Å². The van der Waals surface area contributed by atoms with Crippen molar-refractivity contribution in [3.8, 4) is 0 Å². The first-order chi connectivity index (χ1) is 13.5. The quantitative estimate of drug-likeness (QED) is 0.726. The molecular weight excluding hydrogens is 389 g/mol. The number of piperidine rings is 1. The van der Waals surface area contributed by atoms with Crippen molar-refractivity contribution < 1.29 is 32.3 Å².